The average Bonchev–Trinajstić information content (AvgIpc) is 2.67. The molecule has 1 aromatic rings. The van der Waals surface area contributed by atoms with E-state index in [0.717, 1.165) is 18.6 Å². The molecule has 0 saturated carbocycles. The van der Waals surface area contributed by atoms with Gasteiger partial charge in [0.1, 0.15) is 5.75 Å². The molecule has 0 atom stereocenters. The lowest BCUT2D eigenvalue weighted by molar-refractivity contribution is -0.135. The van der Waals surface area contributed by atoms with E-state index in [0.29, 0.717) is 44.9 Å². The van der Waals surface area contributed by atoms with Crippen molar-refractivity contribution in [2.75, 3.05) is 39.5 Å². The zero-order chi connectivity index (χ0) is 18.8. The molecule has 2 saturated heterocycles. The number of nitrogens with one attached hydrogen (secondary N) is 1. The summed E-state index contributed by atoms with van der Waals surface area (Å²) >= 11 is 0. The summed E-state index contributed by atoms with van der Waals surface area (Å²) in [6, 6.07) is 8.07. The van der Waals surface area contributed by atoms with E-state index in [1.54, 1.807) is 12.0 Å². The predicted molar refractivity (Wildman–Crippen MR) is 108 cm³/mol. The molecule has 152 valence electrons. The number of carbonyl (C=O) groups excluding carboxylic acids is 1. The van der Waals surface area contributed by atoms with Gasteiger partial charge < -0.3 is 15.0 Å². The van der Waals surface area contributed by atoms with E-state index in [1.807, 2.05) is 12.1 Å². The molecule has 2 heterocycles. The van der Waals surface area contributed by atoms with E-state index in [1.165, 1.54) is 11.8 Å². The molecule has 0 unspecified atom stereocenters. The second-order valence-electron chi connectivity index (χ2n) is 7.36. The van der Waals surface area contributed by atoms with Gasteiger partial charge in [-0.05, 0) is 62.4 Å². The van der Waals surface area contributed by atoms with E-state index >= 15 is 0 Å². The number of amides is 1. The number of nitrogens with zero attached hydrogens (tertiary/aromatic N) is 1. The highest BCUT2D eigenvalue weighted by molar-refractivity contribution is 7.92. The van der Waals surface area contributed by atoms with Crippen LogP contribution in [0, 0.1) is 0 Å². The van der Waals surface area contributed by atoms with Gasteiger partial charge in [0.15, 0.2) is 14.6 Å². The molecule has 8 heteroatoms. The van der Waals surface area contributed by atoms with Crippen LogP contribution in [0.2, 0.25) is 0 Å². The summed E-state index contributed by atoms with van der Waals surface area (Å²) < 4.78 is 28.9. The van der Waals surface area contributed by atoms with Crippen molar-refractivity contribution in [3.63, 3.8) is 0 Å². The fourth-order valence-electron chi connectivity index (χ4n) is 4.15. The van der Waals surface area contributed by atoms with Crippen molar-refractivity contribution in [1.29, 1.82) is 0 Å². The molecule has 0 bridgehead atoms. The van der Waals surface area contributed by atoms with E-state index in [4.69, 9.17) is 4.74 Å². The van der Waals surface area contributed by atoms with Gasteiger partial charge in [-0.15, -0.1) is 12.4 Å². The SMILES string of the molecule is COc1ccc(C2CCN(C(=O)C3(S(C)(=O)=O)CCNCC3)CC2)cc1.Cl. The first-order valence-corrected chi connectivity index (χ1v) is 11.1. The molecule has 6 nitrogen and oxygen atoms in total. The summed E-state index contributed by atoms with van der Waals surface area (Å²) in [5.41, 5.74) is 1.25. The van der Waals surface area contributed by atoms with Crippen molar-refractivity contribution in [3.8, 4) is 5.75 Å². The number of benzene rings is 1. The molecule has 0 aromatic heterocycles. The van der Waals surface area contributed by atoms with Crippen LogP contribution in [0.3, 0.4) is 0 Å². The number of halogens is 1. The molecule has 0 aliphatic carbocycles. The number of sulfone groups is 1. The highest BCUT2D eigenvalue weighted by Gasteiger charge is 2.50. The molecule has 2 fully saturated rings. The maximum absolute atomic E-state index is 13.2. The van der Waals surface area contributed by atoms with Gasteiger partial charge in [0.2, 0.25) is 5.91 Å². The van der Waals surface area contributed by atoms with Crippen LogP contribution < -0.4 is 10.1 Å². The Balaban J connectivity index is 0.00000261. The Morgan fingerprint density at radius 3 is 2.19 bits per heavy atom. The Morgan fingerprint density at radius 2 is 1.70 bits per heavy atom. The van der Waals surface area contributed by atoms with E-state index in [2.05, 4.69) is 17.4 Å². The van der Waals surface area contributed by atoms with Crippen LogP contribution in [-0.4, -0.2) is 63.5 Å². The third-order valence-corrected chi connectivity index (χ3v) is 7.88. The minimum Gasteiger partial charge on any atom is -0.497 e. The lowest BCUT2D eigenvalue weighted by atomic mass is 9.88. The van der Waals surface area contributed by atoms with E-state index < -0.39 is 14.6 Å². The lowest BCUT2D eigenvalue weighted by Gasteiger charge is -2.41. The first-order valence-electron chi connectivity index (χ1n) is 9.21. The lowest BCUT2D eigenvalue weighted by Crippen LogP contribution is -2.59. The number of rotatable bonds is 4. The predicted octanol–water partition coefficient (Wildman–Crippen LogP) is 1.99. The topological polar surface area (TPSA) is 75.7 Å². The van der Waals surface area contributed by atoms with Gasteiger partial charge in [0.05, 0.1) is 7.11 Å². The standard InChI is InChI=1S/C19H28N2O4S.ClH/c1-25-17-5-3-15(4-6-17)16-7-13-21(14-8-16)18(22)19(26(2,23)24)9-11-20-12-10-19;/h3-6,16,20H,7-14H2,1-2H3;1H. The van der Waals surface area contributed by atoms with E-state index in [-0.39, 0.29) is 18.3 Å². The minimum absolute atomic E-state index is 0. The molecule has 0 radical (unpaired) electrons. The monoisotopic (exact) mass is 416 g/mol. The van der Waals surface area contributed by atoms with Gasteiger partial charge in [0, 0.05) is 19.3 Å². The molecule has 3 rings (SSSR count). The zero-order valence-corrected chi connectivity index (χ0v) is 17.6. The molecule has 1 aromatic carbocycles. The maximum atomic E-state index is 13.2. The van der Waals surface area contributed by atoms with E-state index in [9.17, 15) is 13.2 Å². The maximum Gasteiger partial charge on any atom is 0.244 e. The highest BCUT2D eigenvalue weighted by Crippen LogP contribution is 2.34. The summed E-state index contributed by atoms with van der Waals surface area (Å²) in [7, 11) is -1.80. The van der Waals surface area contributed by atoms with Crippen molar-refractivity contribution in [2.45, 2.75) is 36.3 Å². The summed E-state index contributed by atoms with van der Waals surface area (Å²) in [6.45, 7) is 2.36. The largest absolute Gasteiger partial charge is 0.497 e. The second kappa shape index (κ2) is 8.80. The van der Waals surface area contributed by atoms with Crippen molar-refractivity contribution in [3.05, 3.63) is 29.8 Å². The molecule has 2 aliphatic heterocycles. The van der Waals surface area contributed by atoms with Crippen LogP contribution in [0.4, 0.5) is 0 Å². The minimum atomic E-state index is -3.45. The zero-order valence-electron chi connectivity index (χ0n) is 15.9. The second-order valence-corrected chi connectivity index (χ2v) is 9.68. The fourth-order valence-corrected chi connectivity index (χ4v) is 5.55. The molecule has 1 amide bonds. The highest BCUT2D eigenvalue weighted by atomic mass is 35.5. The number of carbonyl (C=O) groups is 1. The van der Waals surface area contributed by atoms with Gasteiger partial charge in [-0.25, -0.2) is 8.42 Å². The summed E-state index contributed by atoms with van der Waals surface area (Å²) in [5, 5.41) is 3.16. The number of ether oxygens (including phenoxy) is 1. The smallest absolute Gasteiger partial charge is 0.244 e. The van der Waals surface area contributed by atoms with Crippen molar-refractivity contribution in [2.24, 2.45) is 0 Å². The third kappa shape index (κ3) is 4.41. The number of methoxy groups -OCH3 is 1. The first-order chi connectivity index (χ1) is 12.4. The molecule has 1 N–H and O–H groups in total. The Kier molecular flexibility index (Phi) is 7.16. The van der Waals surface area contributed by atoms with Crippen molar-refractivity contribution < 1.29 is 17.9 Å². The van der Waals surface area contributed by atoms with Crippen molar-refractivity contribution in [1.82, 2.24) is 10.2 Å². The summed E-state index contributed by atoms with van der Waals surface area (Å²) in [5.74, 6) is 1.03. The van der Waals surface area contributed by atoms with Gasteiger partial charge in [-0.2, -0.15) is 0 Å². The van der Waals surface area contributed by atoms with Crippen molar-refractivity contribution >= 4 is 28.2 Å². The molecule has 2 aliphatic rings. The molecular formula is C19H29ClN2O4S. The van der Waals surface area contributed by atoms with Crippen LogP contribution in [0.15, 0.2) is 24.3 Å². The summed E-state index contributed by atoms with van der Waals surface area (Å²) in [4.78, 5) is 14.9. The average molecular weight is 417 g/mol. The Bertz CT molecular complexity index is 737. The van der Waals surface area contributed by atoms with Gasteiger partial charge >= 0.3 is 0 Å². The van der Waals surface area contributed by atoms with Crippen LogP contribution in [0.5, 0.6) is 5.75 Å². The quantitative estimate of drug-likeness (QED) is 0.812. The third-order valence-electron chi connectivity index (χ3n) is 5.88. The van der Waals surface area contributed by atoms with Crippen LogP contribution in [0.25, 0.3) is 0 Å². The fraction of sp³-hybridized carbons (Fsp3) is 0.632. The Labute approximate surface area is 168 Å². The van der Waals surface area contributed by atoms with Gasteiger partial charge in [-0.3, -0.25) is 4.79 Å². The van der Waals surface area contributed by atoms with Crippen LogP contribution >= 0.6 is 12.4 Å². The summed E-state index contributed by atoms with van der Waals surface area (Å²) in [6.07, 6.45) is 3.65. The van der Waals surface area contributed by atoms with Gasteiger partial charge in [0.25, 0.3) is 0 Å². The molecule has 27 heavy (non-hydrogen) atoms. The molecular weight excluding hydrogens is 388 g/mol. The first kappa shape index (κ1) is 22.0. The Morgan fingerprint density at radius 1 is 1.15 bits per heavy atom. The van der Waals surface area contributed by atoms with Crippen LogP contribution in [-0.2, 0) is 14.6 Å². The number of likely N-dealkylation sites (tertiary alicyclic amines) is 1. The normalized spacial score (nSPS) is 20.6. The number of hydrogen-bond acceptors (Lipinski definition) is 5. The number of piperidine rings is 2. The van der Waals surface area contributed by atoms with Gasteiger partial charge in [-0.1, -0.05) is 12.1 Å². The number of hydrogen-bond donors (Lipinski definition) is 1. The van der Waals surface area contributed by atoms with Crippen LogP contribution in [0.1, 0.15) is 37.2 Å². The molecule has 0 spiro atoms. The Hall–Kier alpha value is -1.31.